The molecule has 2 atom stereocenters. The van der Waals surface area contributed by atoms with Crippen LogP contribution in [0.2, 0.25) is 0 Å². The molecule has 0 saturated carbocycles. The average molecular weight is 335 g/mol. The molecule has 2 aromatic rings. The third-order valence-corrected chi connectivity index (χ3v) is 4.87. The van der Waals surface area contributed by atoms with Crippen molar-refractivity contribution in [3.63, 3.8) is 0 Å². The van der Waals surface area contributed by atoms with E-state index in [0.29, 0.717) is 12.5 Å². The second-order valence-electron chi connectivity index (χ2n) is 6.88. The highest BCUT2D eigenvalue weighted by atomic mass is 16.6. The van der Waals surface area contributed by atoms with Crippen LogP contribution in [0.15, 0.2) is 66.9 Å². The number of ether oxygens (including phenoxy) is 1. The van der Waals surface area contributed by atoms with Crippen LogP contribution in [0.3, 0.4) is 0 Å². The van der Waals surface area contributed by atoms with Gasteiger partial charge in [-0.15, -0.1) is 0 Å². The largest absolute Gasteiger partial charge is 0.447 e. The predicted octanol–water partition coefficient (Wildman–Crippen LogP) is 5.31. The third-order valence-electron chi connectivity index (χ3n) is 4.87. The van der Waals surface area contributed by atoms with Crippen LogP contribution in [0.25, 0.3) is 5.57 Å². The molecular formula is C22H25NO2. The lowest BCUT2D eigenvalue weighted by Gasteiger charge is -2.25. The smallest absolute Gasteiger partial charge is 0.414 e. The number of benzene rings is 2. The summed E-state index contributed by atoms with van der Waals surface area (Å²) in [5, 5.41) is 0. The van der Waals surface area contributed by atoms with Crippen LogP contribution in [0, 0.1) is 5.92 Å². The molecule has 0 spiro atoms. The number of carbonyl (C=O) groups is 1. The zero-order chi connectivity index (χ0) is 17.8. The Morgan fingerprint density at radius 3 is 2.24 bits per heavy atom. The van der Waals surface area contributed by atoms with E-state index in [1.165, 1.54) is 5.56 Å². The lowest BCUT2D eigenvalue weighted by Crippen LogP contribution is -2.33. The number of hydrogen-bond donors (Lipinski definition) is 0. The monoisotopic (exact) mass is 335 g/mol. The van der Waals surface area contributed by atoms with E-state index in [-0.39, 0.29) is 18.1 Å². The van der Waals surface area contributed by atoms with Crippen LogP contribution in [0.5, 0.6) is 0 Å². The molecule has 25 heavy (non-hydrogen) atoms. The van der Waals surface area contributed by atoms with Crippen molar-refractivity contribution in [1.29, 1.82) is 0 Å². The van der Waals surface area contributed by atoms with Crippen molar-refractivity contribution >= 4 is 11.7 Å². The molecule has 130 valence electrons. The van der Waals surface area contributed by atoms with Crippen molar-refractivity contribution in [1.82, 2.24) is 4.90 Å². The molecule has 3 heteroatoms. The van der Waals surface area contributed by atoms with Gasteiger partial charge < -0.3 is 4.74 Å². The summed E-state index contributed by atoms with van der Waals surface area (Å²) in [7, 11) is 0. The number of nitrogens with zero attached hydrogens (tertiary/aromatic N) is 1. The first kappa shape index (κ1) is 17.3. The molecule has 2 aromatic carbocycles. The van der Waals surface area contributed by atoms with Gasteiger partial charge in [0.25, 0.3) is 0 Å². The lowest BCUT2D eigenvalue weighted by atomic mass is 9.88. The van der Waals surface area contributed by atoms with E-state index in [9.17, 15) is 4.79 Å². The zero-order valence-electron chi connectivity index (χ0n) is 15.1. The normalized spacial score (nSPS) is 19.2. The minimum atomic E-state index is -0.257. The second-order valence-corrected chi connectivity index (χ2v) is 6.88. The summed E-state index contributed by atoms with van der Waals surface area (Å²) in [6, 6.07) is 20.7. The second kappa shape index (κ2) is 7.56. The molecule has 1 unspecified atom stereocenters. The Kier molecular flexibility index (Phi) is 5.22. The molecule has 1 saturated heterocycles. The molecule has 0 bridgehead atoms. The van der Waals surface area contributed by atoms with Gasteiger partial charge in [-0.25, -0.2) is 4.79 Å². The molecule has 0 radical (unpaired) electrons. The highest BCUT2D eigenvalue weighted by Crippen LogP contribution is 2.33. The van der Waals surface area contributed by atoms with Crippen molar-refractivity contribution in [2.24, 2.45) is 5.92 Å². The summed E-state index contributed by atoms with van der Waals surface area (Å²) >= 11 is 0. The Hall–Kier alpha value is -2.55. The number of carbonyl (C=O) groups excluding carboxylic acids is 1. The number of rotatable bonds is 5. The number of allylic oxidation sites excluding steroid dienone is 1. The quantitative estimate of drug-likeness (QED) is 0.741. The van der Waals surface area contributed by atoms with Crippen LogP contribution < -0.4 is 0 Å². The molecule has 1 heterocycles. The predicted molar refractivity (Wildman–Crippen MR) is 101 cm³/mol. The Balaban J connectivity index is 2.03. The molecule has 1 aliphatic heterocycles. The van der Waals surface area contributed by atoms with Gasteiger partial charge in [0.15, 0.2) is 0 Å². The fourth-order valence-electron chi connectivity index (χ4n) is 3.25. The summed E-state index contributed by atoms with van der Waals surface area (Å²) in [6.45, 7) is 6.88. The SMILES string of the molecule is CC(/C(=C\N1C(=O)OC[C@H]1C(C)C)c1ccccc1)c1ccccc1. The number of hydrogen-bond acceptors (Lipinski definition) is 2. The molecule has 3 rings (SSSR count). The standard InChI is InChI=1S/C22H25NO2/c1-16(2)21-15-25-22(24)23(21)14-20(19-12-8-5-9-13-19)17(3)18-10-6-4-7-11-18/h4-14,16-17,21H,15H2,1-3H3/b20-14+/t17?,21-/m0/s1. The maximum absolute atomic E-state index is 12.3. The molecule has 1 amide bonds. The van der Waals surface area contributed by atoms with E-state index in [1.54, 1.807) is 4.90 Å². The van der Waals surface area contributed by atoms with Crippen LogP contribution >= 0.6 is 0 Å². The van der Waals surface area contributed by atoms with Gasteiger partial charge in [0.2, 0.25) is 0 Å². The van der Waals surface area contributed by atoms with Gasteiger partial charge in [0.05, 0.1) is 6.04 Å². The first-order valence-corrected chi connectivity index (χ1v) is 8.85. The molecule has 1 fully saturated rings. The van der Waals surface area contributed by atoms with Gasteiger partial charge in [-0.1, -0.05) is 81.4 Å². The Labute approximate surface area is 149 Å². The van der Waals surface area contributed by atoms with Gasteiger partial charge in [0, 0.05) is 12.1 Å². The number of cyclic esters (lactones) is 1. The first-order valence-electron chi connectivity index (χ1n) is 8.85. The van der Waals surface area contributed by atoms with Crippen molar-refractivity contribution in [2.75, 3.05) is 6.61 Å². The molecule has 0 N–H and O–H groups in total. The van der Waals surface area contributed by atoms with E-state index in [0.717, 1.165) is 11.1 Å². The summed E-state index contributed by atoms with van der Waals surface area (Å²) < 4.78 is 5.30. The van der Waals surface area contributed by atoms with Gasteiger partial charge >= 0.3 is 6.09 Å². The molecule has 1 aliphatic rings. The number of amides is 1. The van der Waals surface area contributed by atoms with Gasteiger partial charge in [-0.05, 0) is 22.6 Å². The minimum absolute atomic E-state index is 0.0779. The van der Waals surface area contributed by atoms with Crippen molar-refractivity contribution < 1.29 is 9.53 Å². The fraction of sp³-hybridized carbons (Fsp3) is 0.318. The molecule has 3 nitrogen and oxygen atoms in total. The van der Waals surface area contributed by atoms with E-state index in [2.05, 4.69) is 57.2 Å². The van der Waals surface area contributed by atoms with Crippen LogP contribution in [0.1, 0.15) is 37.8 Å². The fourth-order valence-corrected chi connectivity index (χ4v) is 3.25. The third kappa shape index (κ3) is 3.76. The summed E-state index contributed by atoms with van der Waals surface area (Å²) in [5.74, 6) is 0.511. The van der Waals surface area contributed by atoms with Crippen molar-refractivity contribution in [3.05, 3.63) is 78.0 Å². The molecule has 0 aliphatic carbocycles. The van der Waals surface area contributed by atoms with E-state index in [4.69, 9.17) is 4.74 Å². The maximum Gasteiger partial charge on any atom is 0.414 e. The zero-order valence-corrected chi connectivity index (χ0v) is 15.1. The first-order chi connectivity index (χ1) is 12.1. The highest BCUT2D eigenvalue weighted by molar-refractivity contribution is 5.77. The van der Waals surface area contributed by atoms with Gasteiger partial charge in [-0.3, -0.25) is 4.90 Å². The molecular weight excluding hydrogens is 310 g/mol. The highest BCUT2D eigenvalue weighted by Gasteiger charge is 2.34. The summed E-state index contributed by atoms with van der Waals surface area (Å²) in [5.41, 5.74) is 3.48. The van der Waals surface area contributed by atoms with Crippen molar-refractivity contribution in [3.8, 4) is 0 Å². The van der Waals surface area contributed by atoms with Crippen LogP contribution in [-0.2, 0) is 4.74 Å². The average Bonchev–Trinajstić information content (AvgIpc) is 3.01. The van der Waals surface area contributed by atoms with E-state index in [1.807, 2.05) is 30.5 Å². The summed E-state index contributed by atoms with van der Waals surface area (Å²) in [6.07, 6.45) is 1.74. The van der Waals surface area contributed by atoms with Crippen LogP contribution in [0.4, 0.5) is 4.79 Å². The lowest BCUT2D eigenvalue weighted by molar-refractivity contribution is 0.166. The Morgan fingerprint density at radius 1 is 1.04 bits per heavy atom. The van der Waals surface area contributed by atoms with E-state index >= 15 is 0 Å². The molecule has 0 aromatic heterocycles. The van der Waals surface area contributed by atoms with Gasteiger partial charge in [0.1, 0.15) is 6.61 Å². The Morgan fingerprint density at radius 2 is 1.64 bits per heavy atom. The van der Waals surface area contributed by atoms with Crippen LogP contribution in [-0.4, -0.2) is 23.6 Å². The minimum Gasteiger partial charge on any atom is -0.447 e. The van der Waals surface area contributed by atoms with Crippen molar-refractivity contribution in [2.45, 2.75) is 32.7 Å². The van der Waals surface area contributed by atoms with Gasteiger partial charge in [-0.2, -0.15) is 0 Å². The van der Waals surface area contributed by atoms with E-state index < -0.39 is 0 Å². The topological polar surface area (TPSA) is 29.5 Å². The maximum atomic E-state index is 12.3. The summed E-state index contributed by atoms with van der Waals surface area (Å²) in [4.78, 5) is 14.0. The Bertz CT molecular complexity index is 737.